The lowest BCUT2D eigenvalue weighted by Crippen LogP contribution is -2.16. The molecule has 10 heteroatoms. The van der Waals surface area contributed by atoms with Gasteiger partial charge in [0.05, 0.1) is 17.1 Å². The molecule has 0 bridgehead atoms. The van der Waals surface area contributed by atoms with Crippen LogP contribution in [0.15, 0.2) is 53.6 Å². The predicted octanol–water partition coefficient (Wildman–Crippen LogP) is 2.48. The summed E-state index contributed by atoms with van der Waals surface area (Å²) >= 11 is 1.38. The number of carbonyl (C=O) groups is 1. The Morgan fingerprint density at radius 2 is 1.93 bits per heavy atom. The van der Waals surface area contributed by atoms with E-state index in [1.165, 1.54) is 23.5 Å². The van der Waals surface area contributed by atoms with Crippen LogP contribution in [0.4, 0.5) is 16.5 Å². The van der Waals surface area contributed by atoms with E-state index >= 15 is 0 Å². The van der Waals surface area contributed by atoms with Gasteiger partial charge >= 0.3 is 0 Å². The molecule has 0 radical (unpaired) electrons. The molecule has 2 aromatic heterocycles. The van der Waals surface area contributed by atoms with Gasteiger partial charge in [-0.3, -0.25) is 4.79 Å². The van der Waals surface area contributed by atoms with Crippen molar-refractivity contribution in [2.45, 2.75) is 4.90 Å². The highest BCUT2D eigenvalue weighted by Gasteiger charge is 2.19. The van der Waals surface area contributed by atoms with Crippen LogP contribution in [0, 0.1) is 0 Å². The van der Waals surface area contributed by atoms with Crippen molar-refractivity contribution in [3.05, 3.63) is 54.2 Å². The van der Waals surface area contributed by atoms with Crippen LogP contribution >= 0.6 is 11.3 Å². The lowest BCUT2D eigenvalue weighted by Gasteiger charge is -2.19. The number of rotatable bonds is 8. The van der Waals surface area contributed by atoms with Crippen LogP contribution in [0.5, 0.6) is 0 Å². The van der Waals surface area contributed by atoms with E-state index in [1.54, 1.807) is 42.4 Å². The molecule has 158 valence electrons. The van der Waals surface area contributed by atoms with E-state index in [4.69, 9.17) is 10.8 Å². The zero-order valence-electron chi connectivity index (χ0n) is 16.5. The van der Waals surface area contributed by atoms with E-state index in [-0.39, 0.29) is 11.5 Å². The average molecular weight is 447 g/mol. The molecule has 0 atom stereocenters. The van der Waals surface area contributed by atoms with E-state index in [1.807, 2.05) is 6.07 Å². The summed E-state index contributed by atoms with van der Waals surface area (Å²) in [4.78, 5) is 19.2. The molecule has 0 spiro atoms. The number of amides is 1. The van der Waals surface area contributed by atoms with Crippen molar-refractivity contribution >= 4 is 43.6 Å². The van der Waals surface area contributed by atoms with Gasteiger partial charge in [-0.1, -0.05) is 0 Å². The molecule has 1 aromatic carbocycles. The van der Waals surface area contributed by atoms with Gasteiger partial charge in [-0.05, 0) is 42.5 Å². The van der Waals surface area contributed by atoms with Crippen LogP contribution < -0.4 is 16.0 Å². The Kier molecular flexibility index (Phi) is 6.40. The van der Waals surface area contributed by atoms with Gasteiger partial charge in [-0.25, -0.2) is 13.4 Å². The molecular formula is C20H22N4O4S2. The molecule has 0 aliphatic heterocycles. The molecule has 0 unspecified atom stereocenters. The largest absolute Gasteiger partial charge is 0.395 e. The number of primary amides is 1. The highest BCUT2D eigenvalue weighted by atomic mass is 32.2. The fraction of sp³-hybridized carbons (Fsp3) is 0.200. The molecule has 3 rings (SSSR count). The SMILES string of the molecule is CN(c1ccc(S(C)(=O)=O)cc1)c1sc(-c2ccc(NCCO)nc2)cc1C(N)=O. The lowest BCUT2D eigenvalue weighted by atomic mass is 10.2. The smallest absolute Gasteiger partial charge is 0.251 e. The fourth-order valence-electron chi connectivity index (χ4n) is 2.81. The molecule has 0 saturated heterocycles. The third-order valence-corrected chi connectivity index (χ3v) is 6.79. The minimum Gasteiger partial charge on any atom is -0.395 e. The second kappa shape index (κ2) is 8.82. The van der Waals surface area contributed by atoms with Crippen molar-refractivity contribution in [1.29, 1.82) is 0 Å². The Morgan fingerprint density at radius 3 is 2.47 bits per heavy atom. The van der Waals surface area contributed by atoms with Crippen molar-refractivity contribution < 1.29 is 18.3 Å². The van der Waals surface area contributed by atoms with Crippen molar-refractivity contribution in [2.24, 2.45) is 5.73 Å². The number of nitrogens with two attached hydrogens (primary N) is 1. The van der Waals surface area contributed by atoms with Gasteiger partial charge in [0.15, 0.2) is 9.84 Å². The summed E-state index contributed by atoms with van der Waals surface area (Å²) in [5.74, 6) is 0.0871. The number of aliphatic hydroxyl groups is 1. The topological polar surface area (TPSA) is 126 Å². The highest BCUT2D eigenvalue weighted by molar-refractivity contribution is 7.90. The summed E-state index contributed by atoms with van der Waals surface area (Å²) in [7, 11) is -1.50. The van der Waals surface area contributed by atoms with Crippen molar-refractivity contribution in [1.82, 2.24) is 4.98 Å². The second-order valence-corrected chi connectivity index (χ2v) is 9.65. The zero-order chi connectivity index (χ0) is 21.9. The number of nitrogens with one attached hydrogen (secondary N) is 1. The number of aliphatic hydroxyl groups excluding tert-OH is 1. The molecule has 3 aromatic rings. The molecule has 4 N–H and O–H groups in total. The normalized spacial score (nSPS) is 11.3. The monoisotopic (exact) mass is 446 g/mol. The number of thiophene rings is 1. The average Bonchev–Trinajstić information content (AvgIpc) is 3.17. The number of hydrogen-bond donors (Lipinski definition) is 3. The van der Waals surface area contributed by atoms with Gasteiger partial charge in [0.1, 0.15) is 10.8 Å². The third kappa shape index (κ3) is 4.78. The Bertz CT molecular complexity index is 1140. The van der Waals surface area contributed by atoms with Crippen molar-refractivity contribution in [3.8, 4) is 10.4 Å². The minimum atomic E-state index is -3.29. The number of nitrogens with zero attached hydrogens (tertiary/aromatic N) is 2. The summed E-state index contributed by atoms with van der Waals surface area (Å²) in [6.07, 6.45) is 2.84. The predicted molar refractivity (Wildman–Crippen MR) is 119 cm³/mol. The van der Waals surface area contributed by atoms with Gasteiger partial charge < -0.3 is 21.1 Å². The van der Waals surface area contributed by atoms with Gasteiger partial charge in [-0.15, -0.1) is 11.3 Å². The van der Waals surface area contributed by atoms with Crippen molar-refractivity contribution in [3.63, 3.8) is 0 Å². The summed E-state index contributed by atoms with van der Waals surface area (Å²) in [6.45, 7) is 0.418. The Balaban J connectivity index is 1.93. The number of anilines is 3. The first-order chi connectivity index (χ1) is 14.2. The molecule has 1 amide bonds. The second-order valence-electron chi connectivity index (χ2n) is 6.60. The standard InChI is InChI=1S/C20H22N4O4S2/c1-24(14-4-6-15(7-5-14)30(2,27)28)20-16(19(21)26)11-17(29-20)13-3-8-18(23-12-13)22-9-10-25/h3-8,11-12,25H,9-10H2,1-2H3,(H2,21,26)(H,22,23). The van der Waals surface area contributed by atoms with E-state index in [9.17, 15) is 13.2 Å². The van der Waals surface area contributed by atoms with Crippen molar-refractivity contribution in [2.75, 3.05) is 36.7 Å². The molecule has 30 heavy (non-hydrogen) atoms. The van der Waals surface area contributed by atoms with E-state index in [0.29, 0.717) is 22.9 Å². The number of carbonyl (C=O) groups excluding carboxylic acids is 1. The van der Waals surface area contributed by atoms with Gasteiger partial charge in [0, 0.05) is 42.2 Å². The lowest BCUT2D eigenvalue weighted by molar-refractivity contribution is 0.100. The van der Waals surface area contributed by atoms with E-state index in [0.717, 1.165) is 22.4 Å². The third-order valence-electron chi connectivity index (χ3n) is 4.40. The van der Waals surface area contributed by atoms with Crippen LogP contribution in [0.2, 0.25) is 0 Å². The van der Waals surface area contributed by atoms with Crippen LogP contribution in [0.25, 0.3) is 10.4 Å². The molecule has 8 nitrogen and oxygen atoms in total. The maximum atomic E-state index is 12.0. The number of pyridine rings is 1. The van der Waals surface area contributed by atoms with Gasteiger partial charge in [0.2, 0.25) is 0 Å². The van der Waals surface area contributed by atoms with E-state index < -0.39 is 15.7 Å². The van der Waals surface area contributed by atoms with Gasteiger partial charge in [0.25, 0.3) is 5.91 Å². The summed E-state index contributed by atoms with van der Waals surface area (Å²) in [6, 6.07) is 11.8. The summed E-state index contributed by atoms with van der Waals surface area (Å²) in [5.41, 5.74) is 7.51. The molecule has 0 fully saturated rings. The first-order valence-electron chi connectivity index (χ1n) is 8.99. The van der Waals surface area contributed by atoms with Crippen LogP contribution in [-0.2, 0) is 9.84 Å². The minimum absolute atomic E-state index is 0.0111. The van der Waals surface area contributed by atoms with E-state index in [2.05, 4.69) is 10.3 Å². The highest BCUT2D eigenvalue weighted by Crippen LogP contribution is 2.40. The molecular weight excluding hydrogens is 424 g/mol. The molecule has 0 aliphatic carbocycles. The van der Waals surface area contributed by atoms with Crippen LogP contribution in [-0.4, -0.2) is 50.9 Å². The van der Waals surface area contributed by atoms with Crippen LogP contribution in [0.1, 0.15) is 10.4 Å². The quantitative estimate of drug-likeness (QED) is 0.485. The number of aromatic nitrogens is 1. The first kappa shape index (κ1) is 21.8. The molecule has 0 aliphatic rings. The molecule has 0 saturated carbocycles. The number of sulfone groups is 1. The number of hydrogen-bond acceptors (Lipinski definition) is 8. The first-order valence-corrected chi connectivity index (χ1v) is 11.7. The maximum absolute atomic E-state index is 12.0. The van der Waals surface area contributed by atoms with Crippen LogP contribution in [0.3, 0.4) is 0 Å². The summed E-state index contributed by atoms with van der Waals surface area (Å²) < 4.78 is 23.3. The van der Waals surface area contributed by atoms with Gasteiger partial charge in [-0.2, -0.15) is 0 Å². The molecule has 2 heterocycles. The fourth-order valence-corrected chi connectivity index (χ4v) is 4.58. The Hall–Kier alpha value is -2.95. The zero-order valence-corrected chi connectivity index (χ0v) is 18.1. The maximum Gasteiger partial charge on any atom is 0.251 e. The Labute approximate surface area is 178 Å². The Morgan fingerprint density at radius 1 is 1.23 bits per heavy atom. The summed E-state index contributed by atoms with van der Waals surface area (Å²) in [5, 5.41) is 12.5. The number of benzene rings is 1.